The first-order valence-corrected chi connectivity index (χ1v) is 11.1. The van der Waals surface area contributed by atoms with Crippen LogP contribution in [0.1, 0.15) is 18.9 Å². The van der Waals surface area contributed by atoms with Gasteiger partial charge in [-0.1, -0.05) is 25.5 Å². The maximum atomic E-state index is 12.9. The van der Waals surface area contributed by atoms with Gasteiger partial charge in [-0.3, -0.25) is 9.69 Å². The van der Waals surface area contributed by atoms with Gasteiger partial charge in [-0.15, -0.1) is 0 Å². The monoisotopic (exact) mass is 395 g/mol. The number of hydrogen-bond donors (Lipinski definition) is 0. The van der Waals surface area contributed by atoms with Gasteiger partial charge < -0.3 is 9.64 Å². The van der Waals surface area contributed by atoms with Gasteiger partial charge >= 0.3 is 0 Å². The van der Waals surface area contributed by atoms with E-state index in [0.29, 0.717) is 50.8 Å². The summed E-state index contributed by atoms with van der Waals surface area (Å²) in [5.74, 6) is 0.0675. The summed E-state index contributed by atoms with van der Waals surface area (Å²) in [6, 6.07) is 7.16. The molecule has 3 rings (SSSR count). The topological polar surface area (TPSA) is 70.2 Å². The Morgan fingerprint density at radius 3 is 2.22 bits per heavy atom. The number of carbonyl (C=O) groups excluding carboxylic acids is 1. The van der Waals surface area contributed by atoms with Crippen molar-refractivity contribution in [2.75, 3.05) is 59.0 Å². The van der Waals surface area contributed by atoms with E-state index >= 15 is 0 Å². The molecule has 2 aliphatic rings. The van der Waals surface area contributed by atoms with Crippen molar-refractivity contribution in [1.29, 1.82) is 0 Å². The lowest BCUT2D eigenvalue weighted by Crippen LogP contribution is -2.53. The summed E-state index contributed by atoms with van der Waals surface area (Å²) in [6.07, 6.45) is 1.98. The number of piperazine rings is 1. The van der Waals surface area contributed by atoms with Crippen LogP contribution in [0, 0.1) is 0 Å². The zero-order chi connectivity index (χ0) is 19.3. The van der Waals surface area contributed by atoms with Crippen LogP contribution < -0.4 is 0 Å². The molecule has 8 heteroatoms. The van der Waals surface area contributed by atoms with Gasteiger partial charge in [0.1, 0.15) is 0 Å². The predicted molar refractivity (Wildman–Crippen MR) is 103 cm³/mol. The van der Waals surface area contributed by atoms with Crippen molar-refractivity contribution in [3.63, 3.8) is 0 Å². The Labute approximate surface area is 161 Å². The Bertz CT molecular complexity index is 722. The number of rotatable bonds is 6. The van der Waals surface area contributed by atoms with Gasteiger partial charge in [0, 0.05) is 39.3 Å². The molecule has 150 valence electrons. The molecule has 0 saturated carbocycles. The van der Waals surface area contributed by atoms with Crippen LogP contribution in [-0.2, 0) is 26.0 Å². The molecular formula is C19H29N3O4S. The quantitative estimate of drug-likeness (QED) is 0.713. The molecule has 1 aromatic rings. The molecule has 2 fully saturated rings. The summed E-state index contributed by atoms with van der Waals surface area (Å²) >= 11 is 0. The van der Waals surface area contributed by atoms with Crippen molar-refractivity contribution < 1.29 is 17.9 Å². The number of carbonyl (C=O) groups is 1. The lowest BCUT2D eigenvalue weighted by atomic mass is 10.1. The van der Waals surface area contributed by atoms with Crippen LogP contribution in [-0.4, -0.2) is 87.5 Å². The van der Waals surface area contributed by atoms with Crippen LogP contribution in [0.4, 0.5) is 0 Å². The molecule has 2 aliphatic heterocycles. The fourth-order valence-corrected chi connectivity index (χ4v) is 4.92. The highest BCUT2D eigenvalue weighted by Crippen LogP contribution is 2.19. The smallest absolute Gasteiger partial charge is 0.243 e. The van der Waals surface area contributed by atoms with Crippen LogP contribution in [0.3, 0.4) is 0 Å². The average molecular weight is 396 g/mol. The third kappa shape index (κ3) is 5.07. The molecule has 0 spiro atoms. The zero-order valence-electron chi connectivity index (χ0n) is 16.0. The van der Waals surface area contributed by atoms with Crippen molar-refractivity contribution in [2.24, 2.45) is 0 Å². The van der Waals surface area contributed by atoms with E-state index < -0.39 is 10.0 Å². The standard InChI is InChI=1S/C19H29N3O4S/c1-2-3-17-4-6-18(7-5-17)27(24,25)22-10-8-21(9-11-22)19(23)16-20-12-14-26-15-13-20/h4-7H,2-3,8-16H2,1H3. The molecule has 0 atom stereocenters. The van der Waals surface area contributed by atoms with E-state index in [9.17, 15) is 13.2 Å². The second kappa shape index (κ2) is 9.14. The molecule has 2 saturated heterocycles. The average Bonchev–Trinajstić information content (AvgIpc) is 2.69. The van der Waals surface area contributed by atoms with E-state index in [2.05, 4.69) is 11.8 Å². The molecule has 2 heterocycles. The number of hydrogen-bond acceptors (Lipinski definition) is 5. The fourth-order valence-electron chi connectivity index (χ4n) is 3.49. The lowest BCUT2D eigenvalue weighted by Gasteiger charge is -2.35. The molecule has 1 amide bonds. The van der Waals surface area contributed by atoms with Crippen LogP contribution in [0.2, 0.25) is 0 Å². The van der Waals surface area contributed by atoms with Crippen molar-refractivity contribution in [3.05, 3.63) is 29.8 Å². The molecule has 0 bridgehead atoms. The largest absolute Gasteiger partial charge is 0.379 e. The van der Waals surface area contributed by atoms with E-state index in [1.54, 1.807) is 17.0 Å². The summed E-state index contributed by atoms with van der Waals surface area (Å²) in [6.45, 7) is 6.92. The summed E-state index contributed by atoms with van der Waals surface area (Å²) in [5, 5.41) is 0. The van der Waals surface area contributed by atoms with Gasteiger partial charge in [-0.2, -0.15) is 4.31 Å². The second-order valence-electron chi connectivity index (χ2n) is 7.07. The molecule has 0 unspecified atom stereocenters. The highest BCUT2D eigenvalue weighted by molar-refractivity contribution is 7.89. The number of nitrogens with zero attached hydrogens (tertiary/aromatic N) is 3. The molecular weight excluding hydrogens is 366 g/mol. The van der Waals surface area contributed by atoms with Gasteiger partial charge in [0.05, 0.1) is 24.7 Å². The lowest BCUT2D eigenvalue weighted by molar-refractivity contribution is -0.134. The van der Waals surface area contributed by atoms with E-state index in [-0.39, 0.29) is 5.91 Å². The molecule has 0 aliphatic carbocycles. The first-order chi connectivity index (χ1) is 13.0. The third-order valence-electron chi connectivity index (χ3n) is 5.15. The highest BCUT2D eigenvalue weighted by Gasteiger charge is 2.30. The maximum Gasteiger partial charge on any atom is 0.243 e. The molecule has 0 radical (unpaired) electrons. The fraction of sp³-hybridized carbons (Fsp3) is 0.632. The summed E-state index contributed by atoms with van der Waals surface area (Å²) in [7, 11) is -3.50. The van der Waals surface area contributed by atoms with Crippen LogP contribution in [0.25, 0.3) is 0 Å². The Morgan fingerprint density at radius 1 is 1.00 bits per heavy atom. The van der Waals surface area contributed by atoms with Gasteiger partial charge in [-0.25, -0.2) is 8.42 Å². The number of morpholine rings is 1. The van der Waals surface area contributed by atoms with Crippen LogP contribution in [0.5, 0.6) is 0 Å². The van der Waals surface area contributed by atoms with E-state index in [0.717, 1.165) is 31.5 Å². The minimum Gasteiger partial charge on any atom is -0.379 e. The first-order valence-electron chi connectivity index (χ1n) is 9.67. The van der Waals surface area contributed by atoms with Gasteiger partial charge in [-0.05, 0) is 24.1 Å². The Balaban J connectivity index is 1.55. The van der Waals surface area contributed by atoms with Gasteiger partial charge in [0.15, 0.2) is 0 Å². The number of sulfonamides is 1. The van der Waals surface area contributed by atoms with E-state index in [4.69, 9.17) is 4.74 Å². The summed E-state index contributed by atoms with van der Waals surface area (Å²) in [4.78, 5) is 16.7. The highest BCUT2D eigenvalue weighted by atomic mass is 32.2. The Morgan fingerprint density at radius 2 is 1.63 bits per heavy atom. The molecule has 7 nitrogen and oxygen atoms in total. The molecule has 27 heavy (non-hydrogen) atoms. The van der Waals surface area contributed by atoms with Gasteiger partial charge in [0.2, 0.25) is 15.9 Å². The van der Waals surface area contributed by atoms with E-state index in [1.165, 1.54) is 4.31 Å². The maximum absolute atomic E-state index is 12.9. The SMILES string of the molecule is CCCc1ccc(S(=O)(=O)N2CCN(C(=O)CN3CCOCC3)CC2)cc1. The minimum absolute atomic E-state index is 0.0675. The third-order valence-corrected chi connectivity index (χ3v) is 7.07. The predicted octanol–water partition coefficient (Wildman–Crippen LogP) is 0.804. The summed E-state index contributed by atoms with van der Waals surface area (Å²) < 4.78 is 32.5. The first kappa shape index (κ1) is 20.3. The minimum atomic E-state index is -3.50. The number of amides is 1. The molecule has 1 aromatic carbocycles. The van der Waals surface area contributed by atoms with Crippen molar-refractivity contribution >= 4 is 15.9 Å². The molecule has 0 aromatic heterocycles. The number of ether oxygens (including phenoxy) is 1. The molecule has 0 N–H and O–H groups in total. The number of benzene rings is 1. The van der Waals surface area contributed by atoms with Crippen molar-refractivity contribution in [1.82, 2.24) is 14.1 Å². The van der Waals surface area contributed by atoms with Crippen molar-refractivity contribution in [2.45, 2.75) is 24.7 Å². The Hall–Kier alpha value is -1.48. The van der Waals surface area contributed by atoms with Gasteiger partial charge in [0.25, 0.3) is 0 Å². The van der Waals surface area contributed by atoms with Crippen molar-refractivity contribution in [3.8, 4) is 0 Å². The van der Waals surface area contributed by atoms with Crippen LogP contribution in [0.15, 0.2) is 29.2 Å². The summed E-state index contributed by atoms with van der Waals surface area (Å²) in [5.41, 5.74) is 1.15. The Kier molecular flexibility index (Phi) is 6.86. The van der Waals surface area contributed by atoms with Crippen LogP contribution >= 0.6 is 0 Å². The second-order valence-corrected chi connectivity index (χ2v) is 9.01. The normalized spacial score (nSPS) is 20.0. The number of aryl methyl sites for hydroxylation is 1. The van der Waals surface area contributed by atoms with E-state index in [1.807, 2.05) is 12.1 Å². The zero-order valence-corrected chi connectivity index (χ0v) is 16.8.